The molecule has 1 aromatic rings. The molecular formula is C16H24BrNO. The number of halogens is 1. The molecule has 0 saturated heterocycles. The summed E-state index contributed by atoms with van der Waals surface area (Å²) in [6.45, 7) is 2.79. The maximum atomic E-state index is 6.33. The second-order valence-electron chi connectivity index (χ2n) is 5.48. The van der Waals surface area contributed by atoms with E-state index in [1.54, 1.807) is 0 Å². The lowest BCUT2D eigenvalue weighted by molar-refractivity contribution is 0.180. The van der Waals surface area contributed by atoms with Crippen LogP contribution in [0, 0.1) is 6.92 Å². The van der Waals surface area contributed by atoms with E-state index in [0.717, 1.165) is 16.6 Å². The highest BCUT2D eigenvalue weighted by molar-refractivity contribution is 9.10. The quantitative estimate of drug-likeness (QED) is 0.835. The Kier molecular flexibility index (Phi) is 5.71. The minimum absolute atomic E-state index is 0.388. The standard InChI is InChI=1S/C16H24BrNO/c1-12-10-14(17)11-13(8-9-18)16(12)19-15-6-4-2-3-5-7-15/h10-11,15H,2-9,18H2,1H3. The zero-order valence-electron chi connectivity index (χ0n) is 11.8. The third-order valence-corrected chi connectivity index (χ3v) is 4.27. The molecule has 2 rings (SSSR count). The second-order valence-corrected chi connectivity index (χ2v) is 6.40. The van der Waals surface area contributed by atoms with Gasteiger partial charge in [-0.05, 0) is 68.8 Å². The lowest BCUT2D eigenvalue weighted by Crippen LogP contribution is -2.17. The van der Waals surface area contributed by atoms with Gasteiger partial charge in [-0.25, -0.2) is 0 Å². The van der Waals surface area contributed by atoms with E-state index in [4.69, 9.17) is 10.5 Å². The number of nitrogens with two attached hydrogens (primary N) is 1. The fourth-order valence-corrected chi connectivity index (χ4v) is 3.46. The van der Waals surface area contributed by atoms with Crippen LogP contribution < -0.4 is 10.5 Å². The Balaban J connectivity index is 2.17. The van der Waals surface area contributed by atoms with E-state index in [2.05, 4.69) is 35.0 Å². The Morgan fingerprint density at radius 3 is 2.53 bits per heavy atom. The lowest BCUT2D eigenvalue weighted by Gasteiger charge is -2.21. The first kappa shape index (κ1) is 14.9. The van der Waals surface area contributed by atoms with Crippen molar-refractivity contribution in [3.05, 3.63) is 27.7 Å². The lowest BCUT2D eigenvalue weighted by atomic mass is 10.1. The van der Waals surface area contributed by atoms with Crippen molar-refractivity contribution in [1.29, 1.82) is 0 Å². The van der Waals surface area contributed by atoms with E-state index in [1.807, 2.05) is 0 Å². The molecule has 0 unspecified atom stereocenters. The van der Waals surface area contributed by atoms with Crippen LogP contribution in [0.1, 0.15) is 49.7 Å². The molecule has 0 heterocycles. The van der Waals surface area contributed by atoms with Crippen LogP contribution in [0.4, 0.5) is 0 Å². The summed E-state index contributed by atoms with van der Waals surface area (Å²) in [4.78, 5) is 0. The molecule has 1 fully saturated rings. The molecule has 3 heteroatoms. The van der Waals surface area contributed by atoms with Gasteiger partial charge in [-0.3, -0.25) is 0 Å². The number of rotatable bonds is 4. The molecule has 0 amide bonds. The van der Waals surface area contributed by atoms with E-state index >= 15 is 0 Å². The van der Waals surface area contributed by atoms with Gasteiger partial charge < -0.3 is 10.5 Å². The monoisotopic (exact) mass is 325 g/mol. The van der Waals surface area contributed by atoms with E-state index in [0.29, 0.717) is 12.6 Å². The van der Waals surface area contributed by atoms with Gasteiger partial charge >= 0.3 is 0 Å². The van der Waals surface area contributed by atoms with Crippen LogP contribution in [0.15, 0.2) is 16.6 Å². The summed E-state index contributed by atoms with van der Waals surface area (Å²) in [6.07, 6.45) is 8.96. The fraction of sp³-hybridized carbons (Fsp3) is 0.625. The molecule has 0 radical (unpaired) electrons. The van der Waals surface area contributed by atoms with E-state index in [9.17, 15) is 0 Å². The molecule has 1 aliphatic rings. The summed E-state index contributed by atoms with van der Waals surface area (Å²) in [5.41, 5.74) is 8.16. The van der Waals surface area contributed by atoms with Crippen LogP contribution in [0.3, 0.4) is 0 Å². The zero-order chi connectivity index (χ0) is 13.7. The maximum Gasteiger partial charge on any atom is 0.125 e. The topological polar surface area (TPSA) is 35.2 Å². The van der Waals surface area contributed by atoms with Crippen molar-refractivity contribution in [1.82, 2.24) is 0 Å². The molecule has 0 bridgehead atoms. The molecule has 0 aliphatic heterocycles. The molecule has 1 aromatic carbocycles. The van der Waals surface area contributed by atoms with Crippen molar-refractivity contribution in [3.8, 4) is 5.75 Å². The van der Waals surface area contributed by atoms with Gasteiger partial charge in [-0.1, -0.05) is 28.8 Å². The average Bonchev–Trinajstić information content (AvgIpc) is 2.62. The third-order valence-electron chi connectivity index (χ3n) is 3.82. The third kappa shape index (κ3) is 4.22. The average molecular weight is 326 g/mol. The number of aryl methyl sites for hydroxylation is 1. The van der Waals surface area contributed by atoms with Crippen LogP contribution in [0.25, 0.3) is 0 Å². The highest BCUT2D eigenvalue weighted by Gasteiger charge is 2.17. The van der Waals surface area contributed by atoms with Gasteiger partial charge in [0.05, 0.1) is 6.10 Å². The number of benzene rings is 1. The number of hydrogen-bond donors (Lipinski definition) is 1. The largest absolute Gasteiger partial charge is 0.490 e. The molecule has 0 spiro atoms. The van der Waals surface area contributed by atoms with E-state index < -0.39 is 0 Å². The molecular weight excluding hydrogens is 302 g/mol. The predicted octanol–water partition coefficient (Wildman–Crippen LogP) is 4.36. The minimum atomic E-state index is 0.388. The Hall–Kier alpha value is -0.540. The van der Waals surface area contributed by atoms with Gasteiger partial charge in [-0.2, -0.15) is 0 Å². The maximum absolute atomic E-state index is 6.33. The van der Waals surface area contributed by atoms with Crippen LogP contribution in [0.5, 0.6) is 5.75 Å². The predicted molar refractivity (Wildman–Crippen MR) is 83.8 cm³/mol. The van der Waals surface area contributed by atoms with Crippen molar-refractivity contribution in [2.24, 2.45) is 5.73 Å². The van der Waals surface area contributed by atoms with E-state index in [1.165, 1.54) is 49.7 Å². The number of hydrogen-bond acceptors (Lipinski definition) is 2. The van der Waals surface area contributed by atoms with Gasteiger partial charge in [0, 0.05) is 4.47 Å². The van der Waals surface area contributed by atoms with Gasteiger partial charge in [0.25, 0.3) is 0 Å². The van der Waals surface area contributed by atoms with Gasteiger partial charge in [0.1, 0.15) is 5.75 Å². The highest BCUT2D eigenvalue weighted by atomic mass is 79.9. The molecule has 19 heavy (non-hydrogen) atoms. The number of ether oxygens (including phenoxy) is 1. The molecule has 1 aliphatic carbocycles. The molecule has 106 valence electrons. The minimum Gasteiger partial charge on any atom is -0.490 e. The van der Waals surface area contributed by atoms with Crippen LogP contribution in [-0.4, -0.2) is 12.6 Å². The zero-order valence-corrected chi connectivity index (χ0v) is 13.3. The summed E-state index contributed by atoms with van der Waals surface area (Å²) < 4.78 is 7.44. The summed E-state index contributed by atoms with van der Waals surface area (Å²) >= 11 is 3.56. The first-order chi connectivity index (χ1) is 9.20. The Bertz CT molecular complexity index is 411. The molecule has 1 saturated carbocycles. The highest BCUT2D eigenvalue weighted by Crippen LogP contribution is 2.31. The summed E-state index contributed by atoms with van der Waals surface area (Å²) in [7, 11) is 0. The summed E-state index contributed by atoms with van der Waals surface area (Å²) in [5, 5.41) is 0. The summed E-state index contributed by atoms with van der Waals surface area (Å²) in [6, 6.07) is 4.28. The van der Waals surface area contributed by atoms with Crippen LogP contribution >= 0.6 is 15.9 Å². The Morgan fingerprint density at radius 1 is 1.21 bits per heavy atom. The van der Waals surface area contributed by atoms with Crippen molar-refractivity contribution < 1.29 is 4.74 Å². The SMILES string of the molecule is Cc1cc(Br)cc(CCN)c1OC1CCCCCC1. The van der Waals surface area contributed by atoms with Gasteiger partial charge in [0.2, 0.25) is 0 Å². The van der Waals surface area contributed by atoms with Crippen molar-refractivity contribution in [2.75, 3.05) is 6.54 Å². The van der Waals surface area contributed by atoms with Crippen LogP contribution in [0.2, 0.25) is 0 Å². The molecule has 0 atom stereocenters. The van der Waals surface area contributed by atoms with E-state index in [-0.39, 0.29) is 0 Å². The fourth-order valence-electron chi connectivity index (χ4n) is 2.84. The normalized spacial score (nSPS) is 17.2. The van der Waals surface area contributed by atoms with Gasteiger partial charge in [0.15, 0.2) is 0 Å². The van der Waals surface area contributed by atoms with Crippen LogP contribution in [-0.2, 0) is 6.42 Å². The van der Waals surface area contributed by atoms with Gasteiger partial charge in [-0.15, -0.1) is 0 Å². The second kappa shape index (κ2) is 7.30. The smallest absolute Gasteiger partial charge is 0.125 e. The van der Waals surface area contributed by atoms with Crippen molar-refractivity contribution in [3.63, 3.8) is 0 Å². The molecule has 2 N–H and O–H groups in total. The van der Waals surface area contributed by atoms with Crippen molar-refractivity contribution >= 4 is 15.9 Å². The molecule has 2 nitrogen and oxygen atoms in total. The Labute approximate surface area is 124 Å². The first-order valence-electron chi connectivity index (χ1n) is 7.36. The molecule has 0 aromatic heterocycles. The first-order valence-corrected chi connectivity index (χ1v) is 8.15. The Morgan fingerprint density at radius 2 is 1.89 bits per heavy atom. The van der Waals surface area contributed by atoms with Crippen molar-refractivity contribution in [2.45, 2.75) is 58.0 Å². The summed E-state index contributed by atoms with van der Waals surface area (Å²) in [5.74, 6) is 1.07.